The van der Waals surface area contributed by atoms with E-state index in [0.717, 1.165) is 39.2 Å². The van der Waals surface area contributed by atoms with Gasteiger partial charge in [-0.2, -0.15) is 0 Å². The Morgan fingerprint density at radius 2 is 1.87 bits per heavy atom. The summed E-state index contributed by atoms with van der Waals surface area (Å²) in [6, 6.07) is 12.8. The highest BCUT2D eigenvalue weighted by Gasteiger charge is 2.26. The molecule has 6 nitrogen and oxygen atoms in total. The molecule has 0 fully saturated rings. The maximum atomic E-state index is 4.97. The fourth-order valence-corrected chi connectivity index (χ4v) is 5.20. The predicted molar refractivity (Wildman–Crippen MR) is 126 cm³/mol. The lowest BCUT2D eigenvalue weighted by Crippen LogP contribution is -2.09. The van der Waals surface area contributed by atoms with Crippen molar-refractivity contribution in [3.8, 4) is 5.00 Å². The molecule has 0 aliphatic carbocycles. The number of aliphatic imine (C=N–C) groups is 1. The minimum absolute atomic E-state index is 0.176. The molecule has 1 unspecified atom stereocenters. The van der Waals surface area contributed by atoms with Crippen LogP contribution in [0.25, 0.3) is 5.00 Å². The summed E-state index contributed by atoms with van der Waals surface area (Å²) >= 11 is 1.78. The molecular formula is C24H24N6S. The molecule has 1 aromatic carbocycles. The van der Waals surface area contributed by atoms with E-state index >= 15 is 0 Å². The Hall–Kier alpha value is -3.32. The molecule has 0 amide bonds. The summed E-state index contributed by atoms with van der Waals surface area (Å²) < 4.78 is 2.15. The van der Waals surface area contributed by atoms with E-state index in [9.17, 15) is 0 Å². The van der Waals surface area contributed by atoms with Gasteiger partial charge in [-0.15, -0.1) is 21.5 Å². The average Bonchev–Trinajstić information content (AvgIpc) is 3.23. The number of hydrogen-bond donors (Lipinski definition) is 1. The molecule has 3 aromatic heterocycles. The van der Waals surface area contributed by atoms with Gasteiger partial charge >= 0.3 is 0 Å². The topological polar surface area (TPSA) is 68.0 Å². The summed E-state index contributed by atoms with van der Waals surface area (Å²) in [6.45, 7) is 9.00. The zero-order valence-electron chi connectivity index (χ0n) is 18.0. The van der Waals surface area contributed by atoms with Crippen LogP contribution in [-0.2, 0) is 6.54 Å². The van der Waals surface area contributed by atoms with E-state index in [0.29, 0.717) is 6.54 Å². The standard InChI is InChI=1S/C24H24N6S/c1-14-16(3)31-24-22(14)23(26-13-21-29-28-17(4)30(21)24)18-7-9-20(10-8-18)27-15(2)19-6-5-11-25-12-19/h5-12,15,27H,13H2,1-4H3. The summed E-state index contributed by atoms with van der Waals surface area (Å²) in [4.78, 5) is 10.5. The zero-order chi connectivity index (χ0) is 21.5. The molecule has 0 bridgehead atoms. The van der Waals surface area contributed by atoms with Gasteiger partial charge in [-0.05, 0) is 57.0 Å². The number of fused-ring (bicyclic) bond motifs is 3. The van der Waals surface area contributed by atoms with Crippen molar-refractivity contribution < 1.29 is 0 Å². The summed E-state index contributed by atoms with van der Waals surface area (Å²) in [5, 5.41) is 13.3. The van der Waals surface area contributed by atoms with Gasteiger partial charge in [0.15, 0.2) is 5.82 Å². The molecule has 5 rings (SSSR count). The number of benzene rings is 1. The smallest absolute Gasteiger partial charge is 0.160 e. The number of hydrogen-bond acceptors (Lipinski definition) is 6. The molecule has 1 aliphatic rings. The van der Waals surface area contributed by atoms with Crippen molar-refractivity contribution in [1.29, 1.82) is 0 Å². The van der Waals surface area contributed by atoms with Gasteiger partial charge in [-0.25, -0.2) is 0 Å². The predicted octanol–water partition coefficient (Wildman–Crippen LogP) is 5.17. The zero-order valence-corrected chi connectivity index (χ0v) is 18.9. The van der Waals surface area contributed by atoms with Crippen molar-refractivity contribution in [3.05, 3.63) is 87.6 Å². The summed E-state index contributed by atoms with van der Waals surface area (Å²) in [5.74, 6) is 1.79. The van der Waals surface area contributed by atoms with Gasteiger partial charge in [0.2, 0.25) is 0 Å². The Morgan fingerprint density at radius 1 is 1.06 bits per heavy atom. The van der Waals surface area contributed by atoms with Crippen LogP contribution in [0.5, 0.6) is 0 Å². The Kier molecular flexibility index (Phi) is 4.90. The Morgan fingerprint density at radius 3 is 2.61 bits per heavy atom. The lowest BCUT2D eigenvalue weighted by molar-refractivity contribution is 0.869. The summed E-state index contributed by atoms with van der Waals surface area (Å²) in [5.41, 5.74) is 6.82. The van der Waals surface area contributed by atoms with Crippen LogP contribution in [0.1, 0.15) is 51.7 Å². The molecule has 0 radical (unpaired) electrons. The molecule has 1 atom stereocenters. The second-order valence-electron chi connectivity index (χ2n) is 7.86. The summed E-state index contributed by atoms with van der Waals surface area (Å²) in [6.07, 6.45) is 3.69. The fraction of sp³-hybridized carbons (Fsp3) is 0.250. The van der Waals surface area contributed by atoms with Gasteiger partial charge in [0, 0.05) is 34.1 Å². The van der Waals surface area contributed by atoms with Crippen LogP contribution < -0.4 is 5.32 Å². The number of nitrogens with one attached hydrogen (secondary N) is 1. The molecule has 7 heteroatoms. The fourth-order valence-electron chi connectivity index (χ4n) is 3.97. The van der Waals surface area contributed by atoms with Gasteiger partial charge in [-0.1, -0.05) is 18.2 Å². The van der Waals surface area contributed by atoms with Crippen LogP contribution in [0.3, 0.4) is 0 Å². The molecule has 0 saturated carbocycles. The maximum Gasteiger partial charge on any atom is 0.160 e. The second kappa shape index (κ2) is 7.74. The lowest BCUT2D eigenvalue weighted by Gasteiger charge is -2.16. The molecule has 1 N–H and O–H groups in total. The molecule has 31 heavy (non-hydrogen) atoms. The maximum absolute atomic E-state index is 4.97. The van der Waals surface area contributed by atoms with Gasteiger partial charge in [0.25, 0.3) is 0 Å². The van der Waals surface area contributed by atoms with Crippen molar-refractivity contribution in [2.24, 2.45) is 4.99 Å². The van der Waals surface area contributed by atoms with E-state index in [2.05, 4.69) is 76.2 Å². The third-order valence-corrected chi connectivity index (χ3v) is 7.00. The quantitative estimate of drug-likeness (QED) is 0.487. The number of thiophene rings is 1. The third kappa shape index (κ3) is 3.45. The van der Waals surface area contributed by atoms with Crippen molar-refractivity contribution >= 4 is 22.7 Å². The van der Waals surface area contributed by atoms with E-state index in [1.165, 1.54) is 16.0 Å². The van der Waals surface area contributed by atoms with E-state index in [1.807, 2.05) is 19.2 Å². The Labute approximate surface area is 185 Å². The highest BCUT2D eigenvalue weighted by atomic mass is 32.1. The van der Waals surface area contributed by atoms with Crippen LogP contribution in [0.4, 0.5) is 5.69 Å². The molecular weight excluding hydrogens is 404 g/mol. The van der Waals surface area contributed by atoms with Gasteiger partial charge in [0.05, 0.1) is 11.8 Å². The first kappa shape index (κ1) is 19.6. The Balaban J connectivity index is 1.49. The largest absolute Gasteiger partial charge is 0.378 e. The first-order chi connectivity index (χ1) is 15.0. The molecule has 1 aliphatic heterocycles. The van der Waals surface area contributed by atoms with Crippen molar-refractivity contribution in [2.45, 2.75) is 40.3 Å². The molecule has 0 spiro atoms. The second-order valence-corrected chi connectivity index (χ2v) is 9.06. The van der Waals surface area contributed by atoms with Crippen LogP contribution in [-0.4, -0.2) is 25.5 Å². The van der Waals surface area contributed by atoms with Crippen LogP contribution >= 0.6 is 11.3 Å². The third-order valence-electron chi connectivity index (χ3n) is 5.80. The number of aryl methyl sites for hydroxylation is 2. The highest BCUT2D eigenvalue weighted by Crippen LogP contribution is 2.36. The number of aromatic nitrogens is 4. The van der Waals surface area contributed by atoms with Gasteiger partial charge in [0.1, 0.15) is 17.4 Å². The van der Waals surface area contributed by atoms with E-state index in [4.69, 9.17) is 4.99 Å². The normalized spacial score (nSPS) is 13.7. The highest BCUT2D eigenvalue weighted by molar-refractivity contribution is 7.15. The van der Waals surface area contributed by atoms with Gasteiger partial charge < -0.3 is 5.32 Å². The van der Waals surface area contributed by atoms with Crippen LogP contribution in [0.15, 0.2) is 53.8 Å². The first-order valence-corrected chi connectivity index (χ1v) is 11.2. The van der Waals surface area contributed by atoms with Crippen LogP contribution in [0.2, 0.25) is 0 Å². The van der Waals surface area contributed by atoms with Gasteiger partial charge in [-0.3, -0.25) is 14.5 Å². The molecule has 156 valence electrons. The molecule has 0 saturated heterocycles. The number of rotatable bonds is 4. The molecule has 4 aromatic rings. The van der Waals surface area contributed by atoms with E-state index in [-0.39, 0.29) is 6.04 Å². The van der Waals surface area contributed by atoms with Crippen LogP contribution in [0, 0.1) is 20.8 Å². The van der Waals surface area contributed by atoms with Crippen molar-refractivity contribution in [2.75, 3.05) is 5.32 Å². The minimum Gasteiger partial charge on any atom is -0.378 e. The SMILES string of the molecule is Cc1sc2c(c1C)C(c1ccc(NC(C)c3cccnc3)cc1)=NCc1nnc(C)n1-2. The van der Waals surface area contributed by atoms with E-state index in [1.54, 1.807) is 17.5 Å². The number of pyridine rings is 1. The van der Waals surface area contributed by atoms with Crippen molar-refractivity contribution in [3.63, 3.8) is 0 Å². The first-order valence-electron chi connectivity index (χ1n) is 10.4. The monoisotopic (exact) mass is 428 g/mol. The number of anilines is 1. The molecule has 4 heterocycles. The number of nitrogens with zero attached hydrogens (tertiary/aromatic N) is 5. The summed E-state index contributed by atoms with van der Waals surface area (Å²) in [7, 11) is 0. The van der Waals surface area contributed by atoms with E-state index < -0.39 is 0 Å². The minimum atomic E-state index is 0.176. The average molecular weight is 429 g/mol. The Bertz CT molecular complexity index is 1270. The van der Waals surface area contributed by atoms with Crippen molar-refractivity contribution in [1.82, 2.24) is 19.7 Å². The lowest BCUT2D eigenvalue weighted by atomic mass is 9.99.